The number of hydrogen-bond donors (Lipinski definition) is 0. The van der Waals surface area contributed by atoms with Crippen molar-refractivity contribution in [2.75, 3.05) is 32.1 Å². The van der Waals surface area contributed by atoms with Crippen molar-refractivity contribution in [3.63, 3.8) is 0 Å². The summed E-state index contributed by atoms with van der Waals surface area (Å²) < 4.78 is 0. The summed E-state index contributed by atoms with van der Waals surface area (Å²) in [6.07, 6.45) is 0.985. The summed E-state index contributed by atoms with van der Waals surface area (Å²) in [6, 6.07) is 5.13. The van der Waals surface area contributed by atoms with Crippen molar-refractivity contribution >= 4 is 17.2 Å². The summed E-state index contributed by atoms with van der Waals surface area (Å²) in [4.78, 5) is 26.3. The number of anilines is 1. The first-order chi connectivity index (χ1) is 9.40. The van der Waals surface area contributed by atoms with Gasteiger partial charge in [-0.2, -0.15) is 0 Å². The molecule has 1 aliphatic heterocycles. The average molecular weight is 277 g/mol. The Bertz CT molecular complexity index is 542. The van der Waals surface area contributed by atoms with E-state index < -0.39 is 4.92 Å². The molecule has 108 valence electrons. The quantitative estimate of drug-likeness (QED) is 0.478. The van der Waals surface area contributed by atoms with Crippen LogP contribution in [0.4, 0.5) is 11.4 Å². The highest BCUT2D eigenvalue weighted by Crippen LogP contribution is 2.32. The van der Waals surface area contributed by atoms with Gasteiger partial charge in [-0.15, -0.1) is 0 Å². The van der Waals surface area contributed by atoms with E-state index in [0.29, 0.717) is 17.3 Å². The van der Waals surface area contributed by atoms with Crippen LogP contribution in [0.5, 0.6) is 0 Å². The number of carbonyl (C=O) groups excluding carboxylic acids is 1. The summed E-state index contributed by atoms with van der Waals surface area (Å²) >= 11 is 0. The number of likely N-dealkylation sites (N-methyl/N-ethyl adjacent to an activating group) is 1. The van der Waals surface area contributed by atoms with E-state index in [1.54, 1.807) is 12.1 Å². The first-order valence-corrected chi connectivity index (χ1v) is 6.61. The van der Waals surface area contributed by atoms with E-state index in [4.69, 9.17) is 0 Å². The fraction of sp³-hybridized carbons (Fsp3) is 0.500. The molecule has 0 saturated carbocycles. The van der Waals surface area contributed by atoms with Crippen molar-refractivity contribution in [2.45, 2.75) is 19.4 Å². The second kappa shape index (κ2) is 5.58. The molecule has 0 radical (unpaired) electrons. The van der Waals surface area contributed by atoms with E-state index >= 15 is 0 Å². The van der Waals surface area contributed by atoms with Gasteiger partial charge in [0.1, 0.15) is 5.69 Å². The third-order valence-corrected chi connectivity index (χ3v) is 3.81. The van der Waals surface area contributed by atoms with Crippen LogP contribution in [0.1, 0.15) is 23.7 Å². The zero-order valence-corrected chi connectivity index (χ0v) is 12.0. The fourth-order valence-corrected chi connectivity index (χ4v) is 2.54. The summed E-state index contributed by atoms with van der Waals surface area (Å²) in [5, 5.41) is 11.2. The van der Waals surface area contributed by atoms with E-state index in [-0.39, 0.29) is 11.5 Å². The average Bonchev–Trinajstić information content (AvgIpc) is 2.87. The highest BCUT2D eigenvalue weighted by Gasteiger charge is 2.28. The van der Waals surface area contributed by atoms with Gasteiger partial charge >= 0.3 is 0 Å². The molecule has 2 rings (SSSR count). The normalized spacial score (nSPS) is 18.6. The molecule has 0 spiro atoms. The number of carbonyl (C=O) groups is 1. The van der Waals surface area contributed by atoms with Crippen LogP contribution in [-0.2, 0) is 0 Å². The van der Waals surface area contributed by atoms with Crippen molar-refractivity contribution < 1.29 is 9.72 Å². The maximum absolute atomic E-state index is 11.4. The number of Topliss-reactive ketones (excluding diaryl/α,β-unsaturated/α-hetero) is 1. The fourth-order valence-electron chi connectivity index (χ4n) is 2.54. The molecule has 0 aliphatic carbocycles. The predicted molar refractivity (Wildman–Crippen MR) is 77.4 cm³/mol. The lowest BCUT2D eigenvalue weighted by molar-refractivity contribution is -0.384. The number of ketones is 1. The van der Waals surface area contributed by atoms with E-state index in [2.05, 4.69) is 4.90 Å². The van der Waals surface area contributed by atoms with Crippen LogP contribution < -0.4 is 4.90 Å². The van der Waals surface area contributed by atoms with Gasteiger partial charge in [0.25, 0.3) is 5.69 Å². The molecule has 0 amide bonds. The second-order valence-electron chi connectivity index (χ2n) is 5.37. The lowest BCUT2D eigenvalue weighted by Crippen LogP contribution is -2.31. The van der Waals surface area contributed by atoms with Crippen molar-refractivity contribution in [3.05, 3.63) is 33.9 Å². The third kappa shape index (κ3) is 2.80. The van der Waals surface area contributed by atoms with Gasteiger partial charge < -0.3 is 9.80 Å². The van der Waals surface area contributed by atoms with Crippen LogP contribution in [0, 0.1) is 10.1 Å². The molecule has 6 nitrogen and oxygen atoms in total. The van der Waals surface area contributed by atoms with Crippen molar-refractivity contribution in [1.82, 2.24) is 4.90 Å². The molecule has 0 N–H and O–H groups in total. The van der Waals surface area contributed by atoms with Crippen LogP contribution in [0.3, 0.4) is 0 Å². The standard InChI is InChI=1S/C14H19N3O3/c1-10(18)11-4-5-13(14(8-11)17(19)20)16-7-6-12(9-16)15(2)3/h4-5,8,12H,6-7,9H2,1-3H3. The van der Waals surface area contributed by atoms with E-state index in [1.807, 2.05) is 19.0 Å². The van der Waals surface area contributed by atoms with Gasteiger partial charge in [0.2, 0.25) is 0 Å². The van der Waals surface area contributed by atoms with E-state index in [0.717, 1.165) is 19.5 Å². The first-order valence-electron chi connectivity index (χ1n) is 6.61. The van der Waals surface area contributed by atoms with Crippen molar-refractivity contribution in [1.29, 1.82) is 0 Å². The van der Waals surface area contributed by atoms with Crippen molar-refractivity contribution in [3.8, 4) is 0 Å². The summed E-state index contributed by atoms with van der Waals surface area (Å²) in [5.41, 5.74) is 0.991. The number of nitro benzene ring substituents is 1. The molecular weight excluding hydrogens is 258 g/mol. The van der Waals surface area contributed by atoms with Crippen LogP contribution >= 0.6 is 0 Å². The summed E-state index contributed by atoms with van der Waals surface area (Å²) in [6.45, 7) is 2.98. The largest absolute Gasteiger partial charge is 0.364 e. The monoisotopic (exact) mass is 277 g/mol. The molecule has 6 heteroatoms. The Hall–Kier alpha value is -1.95. The molecule has 1 heterocycles. The Morgan fingerprint density at radius 3 is 2.65 bits per heavy atom. The maximum Gasteiger partial charge on any atom is 0.293 e. The molecule has 0 aromatic heterocycles. The first kappa shape index (κ1) is 14.5. The van der Waals surface area contributed by atoms with Gasteiger partial charge in [0.05, 0.1) is 4.92 Å². The van der Waals surface area contributed by atoms with Gasteiger partial charge in [0.15, 0.2) is 5.78 Å². The van der Waals surface area contributed by atoms with Crippen LogP contribution in [0.25, 0.3) is 0 Å². The Labute approximate surface area is 118 Å². The topological polar surface area (TPSA) is 66.7 Å². The second-order valence-corrected chi connectivity index (χ2v) is 5.37. The van der Waals surface area contributed by atoms with Gasteiger partial charge in [0, 0.05) is 30.8 Å². The number of nitro groups is 1. The molecule has 1 atom stereocenters. The van der Waals surface area contributed by atoms with Gasteiger partial charge in [-0.05, 0) is 39.6 Å². The number of hydrogen-bond acceptors (Lipinski definition) is 5. The Kier molecular flexibility index (Phi) is 4.04. The Morgan fingerprint density at radius 2 is 2.15 bits per heavy atom. The minimum Gasteiger partial charge on any atom is -0.364 e. The van der Waals surface area contributed by atoms with Gasteiger partial charge in [-0.1, -0.05) is 0 Å². The number of rotatable bonds is 4. The predicted octanol–water partition coefficient (Wildman–Crippen LogP) is 1.94. The number of nitrogens with zero attached hydrogens (tertiary/aromatic N) is 3. The zero-order valence-electron chi connectivity index (χ0n) is 12.0. The minimum absolute atomic E-state index is 0.0112. The summed E-state index contributed by atoms with van der Waals surface area (Å²) in [7, 11) is 4.03. The SMILES string of the molecule is CC(=O)c1ccc(N2CCC(N(C)C)C2)c([N+](=O)[O-])c1. The minimum atomic E-state index is -0.412. The molecule has 1 aromatic carbocycles. The van der Waals surface area contributed by atoms with E-state index in [1.165, 1.54) is 13.0 Å². The molecule has 20 heavy (non-hydrogen) atoms. The Morgan fingerprint density at radius 1 is 1.45 bits per heavy atom. The van der Waals surface area contributed by atoms with Gasteiger partial charge in [-0.25, -0.2) is 0 Å². The Balaban J connectivity index is 2.32. The lowest BCUT2D eigenvalue weighted by atomic mass is 10.1. The van der Waals surface area contributed by atoms with Crippen LogP contribution in [-0.4, -0.2) is 48.8 Å². The number of benzene rings is 1. The molecule has 1 aromatic rings. The molecule has 1 unspecified atom stereocenters. The zero-order chi connectivity index (χ0) is 14.9. The third-order valence-electron chi connectivity index (χ3n) is 3.81. The van der Waals surface area contributed by atoms with Gasteiger partial charge in [-0.3, -0.25) is 14.9 Å². The lowest BCUT2D eigenvalue weighted by Gasteiger charge is -2.21. The summed E-state index contributed by atoms with van der Waals surface area (Å²) in [5.74, 6) is -0.160. The van der Waals surface area contributed by atoms with E-state index in [9.17, 15) is 14.9 Å². The maximum atomic E-state index is 11.4. The molecule has 1 fully saturated rings. The molecule has 0 bridgehead atoms. The van der Waals surface area contributed by atoms with Crippen molar-refractivity contribution in [2.24, 2.45) is 0 Å². The molecular formula is C14H19N3O3. The molecule has 1 saturated heterocycles. The smallest absolute Gasteiger partial charge is 0.293 e. The highest BCUT2D eigenvalue weighted by molar-refractivity contribution is 5.95. The highest BCUT2D eigenvalue weighted by atomic mass is 16.6. The van der Waals surface area contributed by atoms with Crippen LogP contribution in [0.15, 0.2) is 18.2 Å². The molecule has 1 aliphatic rings. The van der Waals surface area contributed by atoms with Crippen LogP contribution in [0.2, 0.25) is 0 Å².